The Hall–Kier alpha value is -1.51. The van der Waals surface area contributed by atoms with Gasteiger partial charge in [0.15, 0.2) is 17.9 Å². The first-order chi connectivity index (χ1) is 10.5. The normalized spacial score (nSPS) is 16.5. The highest BCUT2D eigenvalue weighted by Crippen LogP contribution is 2.32. The van der Waals surface area contributed by atoms with E-state index < -0.39 is 21.4 Å². The molecule has 1 aromatic rings. The summed E-state index contributed by atoms with van der Waals surface area (Å²) in [7, 11) is -2.68. The summed E-state index contributed by atoms with van der Waals surface area (Å²) in [4.78, 5) is 10.9. The predicted octanol–water partition coefficient (Wildman–Crippen LogP) is 1.23. The third-order valence-electron chi connectivity index (χ3n) is 3.59. The summed E-state index contributed by atoms with van der Waals surface area (Å²) in [6, 6.07) is 1.32. The van der Waals surface area contributed by atoms with E-state index in [4.69, 9.17) is 9.47 Å². The van der Waals surface area contributed by atoms with Crippen molar-refractivity contribution in [3.63, 3.8) is 0 Å². The molecule has 0 saturated carbocycles. The molecule has 1 heterocycles. The van der Waals surface area contributed by atoms with Gasteiger partial charge in [0.2, 0.25) is 10.0 Å². The Morgan fingerprint density at radius 1 is 1.41 bits per heavy atom. The molecule has 1 aliphatic heterocycles. The fraction of sp³-hybridized carbons (Fsp3) is 0.500. The van der Waals surface area contributed by atoms with E-state index in [-0.39, 0.29) is 43.2 Å². The highest BCUT2D eigenvalue weighted by Gasteiger charge is 2.32. The van der Waals surface area contributed by atoms with Crippen LogP contribution in [0.15, 0.2) is 11.0 Å². The second kappa shape index (κ2) is 6.72. The number of sulfonamides is 1. The zero-order valence-corrected chi connectivity index (χ0v) is 13.3. The summed E-state index contributed by atoms with van der Waals surface area (Å²) in [5, 5.41) is 0. The molecule has 0 aromatic heterocycles. The first kappa shape index (κ1) is 16.9. The minimum atomic E-state index is -3.96. The van der Waals surface area contributed by atoms with E-state index in [9.17, 15) is 17.6 Å². The summed E-state index contributed by atoms with van der Waals surface area (Å²) < 4.78 is 51.1. The van der Waals surface area contributed by atoms with Crippen molar-refractivity contribution in [3.05, 3.63) is 23.0 Å². The molecule has 6 nitrogen and oxygen atoms in total. The van der Waals surface area contributed by atoms with E-state index in [1.807, 2.05) is 0 Å². The number of rotatable bonds is 5. The number of methoxy groups -OCH3 is 1. The Morgan fingerprint density at radius 3 is 2.55 bits per heavy atom. The van der Waals surface area contributed by atoms with E-state index in [0.29, 0.717) is 12.0 Å². The number of carbonyl (C=O) groups is 1. The van der Waals surface area contributed by atoms with Gasteiger partial charge in [-0.05, 0) is 18.1 Å². The number of nitrogens with zero attached hydrogens (tertiary/aromatic N) is 1. The fourth-order valence-electron chi connectivity index (χ4n) is 2.41. The van der Waals surface area contributed by atoms with Gasteiger partial charge in [-0.25, -0.2) is 12.8 Å². The largest absolute Gasteiger partial charge is 0.493 e. The van der Waals surface area contributed by atoms with Gasteiger partial charge in [-0.15, -0.1) is 0 Å². The number of hydrogen-bond donors (Lipinski definition) is 0. The zero-order valence-electron chi connectivity index (χ0n) is 12.5. The Kier molecular flexibility index (Phi) is 5.15. The molecule has 1 saturated heterocycles. The number of aryl methyl sites for hydroxylation is 1. The van der Waals surface area contributed by atoms with Crippen LogP contribution in [-0.4, -0.2) is 52.4 Å². The van der Waals surface area contributed by atoms with Gasteiger partial charge in [0, 0.05) is 13.1 Å². The minimum absolute atomic E-state index is 0.0921. The van der Waals surface area contributed by atoms with Crippen molar-refractivity contribution in [2.75, 3.05) is 33.4 Å². The first-order valence-electron chi connectivity index (χ1n) is 6.89. The summed E-state index contributed by atoms with van der Waals surface area (Å²) in [5.74, 6) is -1.03. The van der Waals surface area contributed by atoms with Crippen LogP contribution in [0.3, 0.4) is 0 Å². The molecule has 0 spiro atoms. The molecule has 0 amide bonds. The fourth-order valence-corrected chi connectivity index (χ4v) is 4.02. The molecule has 122 valence electrons. The van der Waals surface area contributed by atoms with Crippen LogP contribution in [0.5, 0.6) is 5.75 Å². The van der Waals surface area contributed by atoms with Gasteiger partial charge in [0.1, 0.15) is 0 Å². The molecular formula is C14H18FNO5S. The average molecular weight is 331 g/mol. The number of halogens is 1. The van der Waals surface area contributed by atoms with E-state index in [1.54, 1.807) is 6.92 Å². The highest BCUT2D eigenvalue weighted by molar-refractivity contribution is 7.89. The van der Waals surface area contributed by atoms with Gasteiger partial charge in [-0.3, -0.25) is 4.79 Å². The maximum Gasteiger partial charge on any atom is 0.244 e. The lowest BCUT2D eigenvalue weighted by atomic mass is 10.1. The van der Waals surface area contributed by atoms with E-state index in [2.05, 4.69) is 0 Å². The molecule has 1 fully saturated rings. The van der Waals surface area contributed by atoms with Gasteiger partial charge >= 0.3 is 0 Å². The summed E-state index contributed by atoms with van der Waals surface area (Å²) in [5.41, 5.74) is -0.0991. The second-order valence-electron chi connectivity index (χ2n) is 4.78. The Bertz CT molecular complexity index is 668. The van der Waals surface area contributed by atoms with Crippen molar-refractivity contribution in [1.82, 2.24) is 4.31 Å². The quantitative estimate of drug-likeness (QED) is 0.759. The van der Waals surface area contributed by atoms with Crippen molar-refractivity contribution >= 4 is 16.3 Å². The topological polar surface area (TPSA) is 72.9 Å². The molecule has 0 N–H and O–H groups in total. The Balaban J connectivity index is 2.63. The Morgan fingerprint density at radius 2 is 2.05 bits per heavy atom. The van der Waals surface area contributed by atoms with Crippen LogP contribution in [0.2, 0.25) is 0 Å². The first-order valence-corrected chi connectivity index (χ1v) is 8.33. The number of benzene rings is 1. The summed E-state index contributed by atoms with van der Waals surface area (Å²) in [6.45, 7) is 2.65. The lowest BCUT2D eigenvalue weighted by Gasteiger charge is -2.27. The lowest BCUT2D eigenvalue weighted by molar-refractivity contribution is 0.0730. The van der Waals surface area contributed by atoms with Crippen LogP contribution in [-0.2, 0) is 21.2 Å². The van der Waals surface area contributed by atoms with Gasteiger partial charge in [0.05, 0.1) is 30.8 Å². The standard InChI is InChI=1S/C14H18FNO5S/c1-3-10-8-12(11(9-17)13(15)14(10)20-2)22(18,19)16-4-6-21-7-5-16/h8-9H,3-7H2,1-2H3. The van der Waals surface area contributed by atoms with Crippen molar-refractivity contribution in [3.8, 4) is 5.75 Å². The zero-order chi connectivity index (χ0) is 16.3. The maximum absolute atomic E-state index is 14.4. The van der Waals surface area contributed by atoms with Crippen molar-refractivity contribution in [2.45, 2.75) is 18.2 Å². The van der Waals surface area contributed by atoms with Crippen LogP contribution >= 0.6 is 0 Å². The van der Waals surface area contributed by atoms with Gasteiger partial charge in [0.25, 0.3) is 0 Å². The minimum Gasteiger partial charge on any atom is -0.493 e. The number of morpholine rings is 1. The second-order valence-corrected chi connectivity index (χ2v) is 6.69. The third kappa shape index (κ3) is 2.86. The monoisotopic (exact) mass is 331 g/mol. The van der Waals surface area contributed by atoms with Crippen LogP contribution < -0.4 is 4.74 Å². The molecule has 8 heteroatoms. The molecule has 0 aliphatic carbocycles. The average Bonchev–Trinajstić information content (AvgIpc) is 2.54. The molecular weight excluding hydrogens is 313 g/mol. The van der Waals surface area contributed by atoms with Crippen LogP contribution in [0.25, 0.3) is 0 Å². The molecule has 0 radical (unpaired) electrons. The summed E-state index contributed by atoms with van der Waals surface area (Å²) in [6.07, 6.45) is 0.593. The number of carbonyl (C=O) groups excluding carboxylic acids is 1. The van der Waals surface area contributed by atoms with Gasteiger partial charge < -0.3 is 9.47 Å². The van der Waals surface area contributed by atoms with Gasteiger partial charge in [-0.1, -0.05) is 6.92 Å². The van der Waals surface area contributed by atoms with Crippen molar-refractivity contribution in [2.24, 2.45) is 0 Å². The number of hydrogen-bond acceptors (Lipinski definition) is 5. The molecule has 22 heavy (non-hydrogen) atoms. The van der Waals surface area contributed by atoms with Gasteiger partial charge in [-0.2, -0.15) is 4.31 Å². The molecule has 2 rings (SSSR count). The number of aldehydes is 1. The third-order valence-corrected chi connectivity index (χ3v) is 5.53. The van der Waals surface area contributed by atoms with Crippen LogP contribution in [0, 0.1) is 5.82 Å². The van der Waals surface area contributed by atoms with Crippen molar-refractivity contribution < 1.29 is 27.1 Å². The lowest BCUT2D eigenvalue weighted by Crippen LogP contribution is -2.41. The van der Waals surface area contributed by atoms with E-state index >= 15 is 0 Å². The van der Waals surface area contributed by atoms with E-state index in [0.717, 1.165) is 0 Å². The molecule has 1 aliphatic rings. The van der Waals surface area contributed by atoms with Crippen LogP contribution in [0.4, 0.5) is 4.39 Å². The summed E-state index contributed by atoms with van der Waals surface area (Å²) >= 11 is 0. The maximum atomic E-state index is 14.4. The SMILES string of the molecule is CCc1cc(S(=O)(=O)N2CCOCC2)c(C=O)c(F)c1OC. The van der Waals surface area contributed by atoms with E-state index in [1.165, 1.54) is 17.5 Å². The molecule has 0 atom stereocenters. The van der Waals surface area contributed by atoms with Crippen molar-refractivity contribution in [1.29, 1.82) is 0 Å². The molecule has 0 unspecified atom stereocenters. The molecule has 1 aromatic carbocycles. The van der Waals surface area contributed by atoms with Crippen LogP contribution in [0.1, 0.15) is 22.8 Å². The molecule has 0 bridgehead atoms. The Labute approximate surface area is 128 Å². The smallest absolute Gasteiger partial charge is 0.244 e. The highest BCUT2D eigenvalue weighted by atomic mass is 32.2. The predicted molar refractivity (Wildman–Crippen MR) is 77.3 cm³/mol. The number of ether oxygens (including phenoxy) is 2.